The maximum absolute atomic E-state index is 10.9. The average Bonchev–Trinajstić information content (AvgIpc) is 2.57. The molecule has 15 heavy (non-hydrogen) atoms. The molecule has 86 valence electrons. The van der Waals surface area contributed by atoms with Crippen molar-refractivity contribution in [2.45, 2.75) is 57.2 Å². The molecular formula is C12H20O3. The zero-order valence-electron chi connectivity index (χ0n) is 9.30. The monoisotopic (exact) mass is 212 g/mol. The highest BCUT2D eigenvalue weighted by atomic mass is 16.7. The zero-order chi connectivity index (χ0) is 10.6. The molecule has 3 heteroatoms. The predicted molar refractivity (Wildman–Crippen MR) is 56.6 cm³/mol. The van der Waals surface area contributed by atoms with E-state index in [1.54, 1.807) is 0 Å². The fourth-order valence-corrected chi connectivity index (χ4v) is 1.95. The van der Waals surface area contributed by atoms with Crippen molar-refractivity contribution in [2.24, 2.45) is 0 Å². The van der Waals surface area contributed by atoms with Gasteiger partial charge in [0.25, 0.3) is 0 Å². The van der Waals surface area contributed by atoms with E-state index in [-0.39, 0.29) is 5.79 Å². The Labute approximate surface area is 91.1 Å². The van der Waals surface area contributed by atoms with Crippen LogP contribution in [0.25, 0.3) is 0 Å². The van der Waals surface area contributed by atoms with E-state index in [9.17, 15) is 4.79 Å². The van der Waals surface area contributed by atoms with Gasteiger partial charge in [-0.1, -0.05) is 25.7 Å². The van der Waals surface area contributed by atoms with Crippen LogP contribution in [0.15, 0.2) is 0 Å². The fourth-order valence-electron chi connectivity index (χ4n) is 1.95. The SMILES string of the molecule is C1CCC1.O=C1CCC2(CC1)OCCO2. The van der Waals surface area contributed by atoms with Crippen molar-refractivity contribution < 1.29 is 14.3 Å². The third-order valence-electron chi connectivity index (χ3n) is 3.38. The van der Waals surface area contributed by atoms with Gasteiger partial charge in [-0.05, 0) is 0 Å². The van der Waals surface area contributed by atoms with Crippen molar-refractivity contribution >= 4 is 5.78 Å². The summed E-state index contributed by atoms with van der Waals surface area (Å²) in [6.07, 6.45) is 8.76. The number of ether oxygens (including phenoxy) is 2. The van der Waals surface area contributed by atoms with E-state index >= 15 is 0 Å². The molecule has 0 N–H and O–H groups in total. The van der Waals surface area contributed by atoms with E-state index in [1.807, 2.05) is 0 Å². The molecule has 3 aliphatic rings. The van der Waals surface area contributed by atoms with Crippen molar-refractivity contribution in [2.75, 3.05) is 13.2 Å². The van der Waals surface area contributed by atoms with Crippen LogP contribution in [-0.4, -0.2) is 24.8 Å². The summed E-state index contributed by atoms with van der Waals surface area (Å²) in [5.74, 6) is -0.0248. The molecule has 3 rings (SSSR count). The number of rotatable bonds is 0. The van der Waals surface area contributed by atoms with Crippen LogP contribution in [0.4, 0.5) is 0 Å². The Bertz CT molecular complexity index is 199. The molecular weight excluding hydrogens is 192 g/mol. The van der Waals surface area contributed by atoms with Crippen LogP contribution in [-0.2, 0) is 14.3 Å². The maximum atomic E-state index is 10.9. The van der Waals surface area contributed by atoms with Gasteiger partial charge in [-0.25, -0.2) is 0 Å². The molecule has 3 nitrogen and oxygen atoms in total. The Morgan fingerprint density at radius 3 is 1.73 bits per heavy atom. The second kappa shape index (κ2) is 5.08. The molecule has 1 saturated heterocycles. The van der Waals surface area contributed by atoms with Gasteiger partial charge in [-0.15, -0.1) is 0 Å². The second-order valence-corrected chi connectivity index (χ2v) is 4.56. The van der Waals surface area contributed by atoms with Gasteiger partial charge in [-0.2, -0.15) is 0 Å². The highest BCUT2D eigenvalue weighted by Crippen LogP contribution is 2.33. The molecule has 0 aromatic heterocycles. The van der Waals surface area contributed by atoms with Crippen molar-refractivity contribution in [1.82, 2.24) is 0 Å². The molecule has 1 aliphatic heterocycles. The Morgan fingerprint density at radius 1 is 0.867 bits per heavy atom. The topological polar surface area (TPSA) is 35.5 Å². The minimum Gasteiger partial charge on any atom is -0.348 e. The van der Waals surface area contributed by atoms with Crippen molar-refractivity contribution in [3.8, 4) is 0 Å². The van der Waals surface area contributed by atoms with E-state index in [4.69, 9.17) is 9.47 Å². The molecule has 2 saturated carbocycles. The first-order valence-corrected chi connectivity index (χ1v) is 6.10. The molecule has 1 spiro atoms. The normalized spacial score (nSPS) is 28.1. The fraction of sp³-hybridized carbons (Fsp3) is 0.917. The predicted octanol–water partition coefficient (Wildman–Crippen LogP) is 2.43. The summed E-state index contributed by atoms with van der Waals surface area (Å²) in [4.78, 5) is 10.9. The van der Waals surface area contributed by atoms with E-state index < -0.39 is 0 Å². The van der Waals surface area contributed by atoms with Crippen LogP contribution in [0, 0.1) is 0 Å². The van der Waals surface area contributed by atoms with Gasteiger partial charge < -0.3 is 9.47 Å². The minimum absolute atomic E-state index is 0.342. The van der Waals surface area contributed by atoms with Gasteiger partial charge in [-0.3, -0.25) is 4.79 Å². The smallest absolute Gasteiger partial charge is 0.169 e. The first-order valence-electron chi connectivity index (χ1n) is 6.10. The number of carbonyl (C=O) groups is 1. The summed E-state index contributed by atoms with van der Waals surface area (Å²) < 4.78 is 10.9. The van der Waals surface area contributed by atoms with E-state index in [0.29, 0.717) is 31.8 Å². The summed E-state index contributed by atoms with van der Waals surface area (Å²) >= 11 is 0. The maximum Gasteiger partial charge on any atom is 0.169 e. The summed E-state index contributed by atoms with van der Waals surface area (Å²) in [7, 11) is 0. The Kier molecular flexibility index (Phi) is 3.76. The van der Waals surface area contributed by atoms with Gasteiger partial charge in [0, 0.05) is 25.7 Å². The third-order valence-corrected chi connectivity index (χ3v) is 3.38. The standard InChI is InChI=1S/C8H12O3.C4H8/c9-7-1-3-8(4-2-7)10-5-6-11-8;1-2-4-3-1/h1-6H2;1-4H2. The molecule has 0 amide bonds. The largest absolute Gasteiger partial charge is 0.348 e. The minimum atomic E-state index is -0.367. The van der Waals surface area contributed by atoms with Gasteiger partial charge in [0.15, 0.2) is 5.79 Å². The molecule has 2 aliphatic carbocycles. The van der Waals surface area contributed by atoms with Crippen molar-refractivity contribution in [3.05, 3.63) is 0 Å². The first kappa shape index (κ1) is 11.1. The van der Waals surface area contributed by atoms with Crippen LogP contribution in [0.2, 0.25) is 0 Å². The Balaban J connectivity index is 0.000000179. The highest BCUT2D eigenvalue weighted by Gasteiger charge is 2.39. The lowest BCUT2D eigenvalue weighted by Crippen LogP contribution is -2.35. The van der Waals surface area contributed by atoms with Gasteiger partial charge in [0.2, 0.25) is 0 Å². The molecule has 0 aromatic carbocycles. The van der Waals surface area contributed by atoms with Crippen molar-refractivity contribution in [3.63, 3.8) is 0 Å². The quantitative estimate of drug-likeness (QED) is 0.618. The zero-order valence-corrected chi connectivity index (χ0v) is 9.30. The second-order valence-electron chi connectivity index (χ2n) is 4.56. The van der Waals surface area contributed by atoms with Crippen LogP contribution >= 0.6 is 0 Å². The van der Waals surface area contributed by atoms with E-state index in [1.165, 1.54) is 25.7 Å². The Morgan fingerprint density at radius 2 is 1.33 bits per heavy atom. The highest BCUT2D eigenvalue weighted by molar-refractivity contribution is 5.79. The van der Waals surface area contributed by atoms with Gasteiger partial charge >= 0.3 is 0 Å². The van der Waals surface area contributed by atoms with Crippen LogP contribution in [0.1, 0.15) is 51.4 Å². The lowest BCUT2D eigenvalue weighted by molar-refractivity contribution is -0.179. The molecule has 0 atom stereocenters. The lowest BCUT2D eigenvalue weighted by atomic mass is 9.93. The number of ketones is 1. The Hall–Kier alpha value is -0.410. The van der Waals surface area contributed by atoms with E-state index in [2.05, 4.69) is 0 Å². The van der Waals surface area contributed by atoms with Gasteiger partial charge in [0.05, 0.1) is 13.2 Å². The summed E-state index contributed by atoms with van der Waals surface area (Å²) in [5, 5.41) is 0. The van der Waals surface area contributed by atoms with Crippen LogP contribution in [0.5, 0.6) is 0 Å². The summed E-state index contributed by atoms with van der Waals surface area (Å²) in [6, 6.07) is 0. The number of Topliss-reactive ketones (excluding diaryl/α,β-unsaturated/α-hetero) is 1. The van der Waals surface area contributed by atoms with Crippen molar-refractivity contribution in [1.29, 1.82) is 0 Å². The number of hydrogen-bond donors (Lipinski definition) is 0. The number of hydrogen-bond acceptors (Lipinski definition) is 3. The molecule has 0 radical (unpaired) electrons. The number of carbonyl (C=O) groups excluding carboxylic acids is 1. The first-order chi connectivity index (χ1) is 7.31. The molecule has 0 unspecified atom stereocenters. The third kappa shape index (κ3) is 3.02. The molecule has 0 bridgehead atoms. The summed E-state index contributed by atoms with van der Waals surface area (Å²) in [6.45, 7) is 1.38. The van der Waals surface area contributed by atoms with Gasteiger partial charge in [0.1, 0.15) is 5.78 Å². The lowest BCUT2D eigenvalue weighted by Gasteiger charge is -2.30. The van der Waals surface area contributed by atoms with Crippen LogP contribution in [0.3, 0.4) is 0 Å². The van der Waals surface area contributed by atoms with E-state index in [0.717, 1.165) is 12.8 Å². The molecule has 0 aromatic rings. The summed E-state index contributed by atoms with van der Waals surface area (Å²) in [5.41, 5.74) is 0. The van der Waals surface area contributed by atoms with Crippen LogP contribution < -0.4 is 0 Å². The average molecular weight is 212 g/mol. The molecule has 3 fully saturated rings. The molecule has 1 heterocycles.